The normalized spacial score (nSPS) is 12.8. The SMILES string of the molecule is CC[C@@H](Oc1cc(Cl)c(Br)c(Cl)c1)C(=O)NC(C)(C)/C=C/C(=O)OC. The molecule has 0 radical (unpaired) electrons. The lowest BCUT2D eigenvalue weighted by molar-refractivity contribution is -0.135. The lowest BCUT2D eigenvalue weighted by atomic mass is 10.0. The van der Waals surface area contributed by atoms with Crippen molar-refractivity contribution < 1.29 is 19.1 Å². The first kappa shape index (κ1) is 21.8. The topological polar surface area (TPSA) is 64.6 Å². The molecule has 0 unspecified atom stereocenters. The van der Waals surface area contributed by atoms with Crippen LogP contribution in [0.4, 0.5) is 0 Å². The number of carbonyl (C=O) groups excluding carboxylic acids is 2. The van der Waals surface area contributed by atoms with Crippen molar-refractivity contribution in [2.75, 3.05) is 7.11 Å². The summed E-state index contributed by atoms with van der Waals surface area (Å²) in [7, 11) is 1.29. The Labute approximate surface area is 165 Å². The van der Waals surface area contributed by atoms with Gasteiger partial charge in [0.25, 0.3) is 5.91 Å². The van der Waals surface area contributed by atoms with Crippen LogP contribution in [-0.2, 0) is 14.3 Å². The summed E-state index contributed by atoms with van der Waals surface area (Å²) in [6.07, 6.45) is 2.51. The van der Waals surface area contributed by atoms with Gasteiger partial charge in [-0.2, -0.15) is 0 Å². The van der Waals surface area contributed by atoms with E-state index in [1.807, 2.05) is 6.92 Å². The lowest BCUT2D eigenvalue weighted by Gasteiger charge is -2.26. The van der Waals surface area contributed by atoms with Gasteiger partial charge in [0, 0.05) is 18.2 Å². The van der Waals surface area contributed by atoms with Crippen molar-refractivity contribution in [3.63, 3.8) is 0 Å². The maximum atomic E-state index is 12.5. The van der Waals surface area contributed by atoms with Gasteiger partial charge in [-0.15, -0.1) is 0 Å². The Kier molecular flexibility index (Phi) is 8.25. The maximum absolute atomic E-state index is 12.5. The Morgan fingerprint density at radius 3 is 2.36 bits per heavy atom. The Morgan fingerprint density at radius 1 is 1.32 bits per heavy atom. The number of amides is 1. The Balaban J connectivity index is 2.84. The Hall–Kier alpha value is -1.24. The van der Waals surface area contributed by atoms with E-state index < -0.39 is 17.6 Å². The van der Waals surface area contributed by atoms with Crippen molar-refractivity contribution in [3.8, 4) is 5.75 Å². The number of carbonyl (C=O) groups is 2. The second-order valence-electron chi connectivity index (χ2n) is 5.78. The van der Waals surface area contributed by atoms with Crippen molar-refractivity contribution in [1.29, 1.82) is 0 Å². The summed E-state index contributed by atoms with van der Waals surface area (Å²) in [6, 6.07) is 3.16. The van der Waals surface area contributed by atoms with Gasteiger partial charge in [-0.25, -0.2) is 4.79 Å². The molecule has 1 atom stereocenters. The predicted octanol–water partition coefficient (Wildman–Crippen LogP) is 4.54. The maximum Gasteiger partial charge on any atom is 0.330 e. The minimum atomic E-state index is -0.753. The Bertz CT molecular complexity index is 654. The fourth-order valence-electron chi connectivity index (χ4n) is 1.87. The second-order valence-corrected chi connectivity index (χ2v) is 7.39. The molecule has 25 heavy (non-hydrogen) atoms. The summed E-state index contributed by atoms with van der Waals surface area (Å²) < 4.78 is 10.8. The zero-order chi connectivity index (χ0) is 19.2. The van der Waals surface area contributed by atoms with Crippen molar-refractivity contribution >= 4 is 51.0 Å². The van der Waals surface area contributed by atoms with E-state index in [9.17, 15) is 9.59 Å². The van der Waals surface area contributed by atoms with Crippen LogP contribution >= 0.6 is 39.1 Å². The van der Waals surface area contributed by atoms with Gasteiger partial charge in [0.2, 0.25) is 0 Å². The molecule has 0 bridgehead atoms. The number of nitrogens with one attached hydrogen (secondary N) is 1. The zero-order valence-electron chi connectivity index (χ0n) is 14.4. The van der Waals surface area contributed by atoms with E-state index in [0.717, 1.165) is 0 Å². The third-order valence-corrected chi connectivity index (χ3v) is 5.09. The number of esters is 1. The van der Waals surface area contributed by atoms with Crippen molar-refractivity contribution in [2.45, 2.75) is 38.8 Å². The first-order valence-corrected chi connectivity index (χ1v) is 9.05. The van der Waals surface area contributed by atoms with Crippen LogP contribution in [0.5, 0.6) is 5.75 Å². The van der Waals surface area contributed by atoms with Gasteiger partial charge >= 0.3 is 5.97 Å². The van der Waals surface area contributed by atoms with E-state index in [0.29, 0.717) is 26.7 Å². The first-order valence-electron chi connectivity index (χ1n) is 7.50. The van der Waals surface area contributed by atoms with Gasteiger partial charge in [0.15, 0.2) is 6.10 Å². The van der Waals surface area contributed by atoms with E-state index >= 15 is 0 Å². The van der Waals surface area contributed by atoms with Crippen LogP contribution in [-0.4, -0.2) is 30.6 Å². The molecule has 0 aliphatic heterocycles. The van der Waals surface area contributed by atoms with E-state index in [-0.39, 0.29) is 5.91 Å². The molecular weight excluding hydrogens is 433 g/mol. The highest BCUT2D eigenvalue weighted by Gasteiger charge is 2.25. The largest absolute Gasteiger partial charge is 0.481 e. The van der Waals surface area contributed by atoms with E-state index in [2.05, 4.69) is 26.0 Å². The molecule has 0 aromatic heterocycles. The monoisotopic (exact) mass is 451 g/mol. The number of hydrogen-bond donors (Lipinski definition) is 1. The van der Waals surface area contributed by atoms with E-state index in [1.54, 1.807) is 32.1 Å². The molecule has 1 rings (SSSR count). The fraction of sp³-hybridized carbons (Fsp3) is 0.412. The molecule has 1 N–H and O–H groups in total. The van der Waals surface area contributed by atoms with Crippen LogP contribution in [0.25, 0.3) is 0 Å². The number of rotatable bonds is 7. The molecule has 1 amide bonds. The molecule has 138 valence electrons. The van der Waals surface area contributed by atoms with Gasteiger partial charge in [0.05, 0.1) is 27.2 Å². The number of hydrogen-bond acceptors (Lipinski definition) is 4. The number of methoxy groups -OCH3 is 1. The quantitative estimate of drug-likeness (QED) is 0.374. The van der Waals surface area contributed by atoms with Crippen LogP contribution in [0.1, 0.15) is 27.2 Å². The molecule has 0 spiro atoms. The summed E-state index contributed by atoms with van der Waals surface area (Å²) in [4.78, 5) is 23.7. The third kappa shape index (κ3) is 6.88. The first-order chi connectivity index (χ1) is 11.6. The highest BCUT2D eigenvalue weighted by Crippen LogP contribution is 2.34. The summed E-state index contributed by atoms with van der Waals surface area (Å²) in [6.45, 7) is 5.33. The fourth-order valence-corrected chi connectivity index (χ4v) is 2.57. The molecular formula is C17H20BrCl2NO4. The third-order valence-electron chi connectivity index (χ3n) is 3.18. The van der Waals surface area contributed by atoms with Gasteiger partial charge in [-0.05, 0) is 36.2 Å². The molecule has 8 heteroatoms. The van der Waals surface area contributed by atoms with E-state index in [4.69, 9.17) is 27.9 Å². The minimum Gasteiger partial charge on any atom is -0.481 e. The van der Waals surface area contributed by atoms with Gasteiger partial charge in [-0.1, -0.05) is 36.2 Å². The van der Waals surface area contributed by atoms with Gasteiger partial charge in [0.1, 0.15) is 5.75 Å². The van der Waals surface area contributed by atoms with Gasteiger partial charge in [-0.3, -0.25) is 4.79 Å². The number of halogens is 3. The van der Waals surface area contributed by atoms with Gasteiger partial charge < -0.3 is 14.8 Å². The highest BCUT2D eigenvalue weighted by molar-refractivity contribution is 9.10. The molecule has 0 heterocycles. The summed E-state index contributed by atoms with van der Waals surface area (Å²) in [5.41, 5.74) is -0.753. The average molecular weight is 453 g/mol. The van der Waals surface area contributed by atoms with Crippen LogP contribution in [0.15, 0.2) is 28.8 Å². The molecule has 0 aliphatic carbocycles. The Morgan fingerprint density at radius 2 is 1.88 bits per heavy atom. The van der Waals surface area contributed by atoms with Crippen molar-refractivity contribution in [2.24, 2.45) is 0 Å². The lowest BCUT2D eigenvalue weighted by Crippen LogP contribution is -2.48. The molecule has 0 saturated carbocycles. The van der Waals surface area contributed by atoms with Crippen molar-refractivity contribution in [1.82, 2.24) is 5.32 Å². The molecule has 0 fully saturated rings. The average Bonchev–Trinajstić information content (AvgIpc) is 2.54. The highest BCUT2D eigenvalue weighted by atomic mass is 79.9. The number of ether oxygens (including phenoxy) is 2. The molecule has 0 saturated heterocycles. The van der Waals surface area contributed by atoms with Crippen LogP contribution in [0.2, 0.25) is 10.0 Å². The van der Waals surface area contributed by atoms with Crippen LogP contribution < -0.4 is 10.1 Å². The summed E-state index contributed by atoms with van der Waals surface area (Å²) in [5, 5.41) is 3.59. The molecule has 0 aliphatic rings. The summed E-state index contributed by atoms with van der Waals surface area (Å²) >= 11 is 15.4. The number of benzene rings is 1. The zero-order valence-corrected chi connectivity index (χ0v) is 17.5. The second kappa shape index (κ2) is 9.46. The molecule has 1 aromatic rings. The smallest absolute Gasteiger partial charge is 0.330 e. The molecule has 5 nitrogen and oxygen atoms in total. The standard InChI is InChI=1S/C17H20BrCl2NO4/c1-5-13(25-10-8-11(19)15(18)12(20)9-10)16(23)21-17(2,3)7-6-14(22)24-4/h6-9,13H,5H2,1-4H3,(H,21,23)/b7-6+/t13-/m1/s1. The van der Waals surface area contributed by atoms with E-state index in [1.165, 1.54) is 13.2 Å². The van der Waals surface area contributed by atoms with Crippen LogP contribution in [0, 0.1) is 0 Å². The van der Waals surface area contributed by atoms with Crippen molar-refractivity contribution in [3.05, 3.63) is 38.8 Å². The minimum absolute atomic E-state index is 0.322. The molecule has 1 aromatic carbocycles. The summed E-state index contributed by atoms with van der Waals surface area (Å²) in [5.74, 6) is -0.426. The predicted molar refractivity (Wildman–Crippen MR) is 102 cm³/mol. The van der Waals surface area contributed by atoms with Crippen LogP contribution in [0.3, 0.4) is 0 Å².